The number of halogens is 1. The highest BCUT2D eigenvalue weighted by molar-refractivity contribution is 6.30. The van der Waals surface area contributed by atoms with Crippen molar-refractivity contribution in [3.05, 3.63) is 100 Å². The van der Waals surface area contributed by atoms with Gasteiger partial charge in [-0.25, -0.2) is 4.79 Å². The van der Waals surface area contributed by atoms with Gasteiger partial charge in [0, 0.05) is 29.7 Å². The van der Waals surface area contributed by atoms with E-state index in [-0.39, 0.29) is 11.5 Å². The predicted octanol–water partition coefficient (Wildman–Crippen LogP) is 5.43. The second kappa shape index (κ2) is 10.1. The van der Waals surface area contributed by atoms with Crippen LogP contribution in [0.1, 0.15) is 58.1 Å². The van der Waals surface area contributed by atoms with Gasteiger partial charge in [0.05, 0.1) is 11.5 Å². The maximum absolute atomic E-state index is 12.9. The molecule has 1 saturated heterocycles. The number of carbonyl (C=O) groups is 2. The van der Waals surface area contributed by atoms with Gasteiger partial charge in [-0.05, 0) is 66.3 Å². The zero-order valence-corrected chi connectivity index (χ0v) is 19.0. The summed E-state index contributed by atoms with van der Waals surface area (Å²) in [5, 5.41) is 9.88. The van der Waals surface area contributed by atoms with E-state index in [1.54, 1.807) is 12.1 Å². The second-order valence-corrected chi connectivity index (χ2v) is 8.88. The number of nitrogens with zero attached hydrogens (tertiary/aromatic N) is 1. The Hall–Kier alpha value is -3.31. The van der Waals surface area contributed by atoms with E-state index in [4.69, 9.17) is 17.3 Å². The Morgan fingerprint density at radius 1 is 0.879 bits per heavy atom. The van der Waals surface area contributed by atoms with Gasteiger partial charge in [0.2, 0.25) is 5.91 Å². The number of hydrogen-bond donors (Lipinski definition) is 2. The number of primary amides is 1. The molecule has 0 aliphatic carbocycles. The summed E-state index contributed by atoms with van der Waals surface area (Å²) in [7, 11) is 0. The molecule has 1 fully saturated rings. The minimum absolute atomic E-state index is 0.162. The zero-order chi connectivity index (χ0) is 23.4. The molecule has 3 aromatic rings. The first kappa shape index (κ1) is 22.9. The van der Waals surface area contributed by atoms with Gasteiger partial charge >= 0.3 is 5.97 Å². The Bertz CT molecular complexity index is 1130. The maximum Gasteiger partial charge on any atom is 0.335 e. The van der Waals surface area contributed by atoms with Gasteiger partial charge in [0.1, 0.15) is 0 Å². The fourth-order valence-electron chi connectivity index (χ4n) is 4.76. The smallest absolute Gasteiger partial charge is 0.335 e. The lowest BCUT2D eigenvalue weighted by atomic mass is 9.76. The van der Waals surface area contributed by atoms with Crippen LogP contribution in [0.25, 0.3) is 0 Å². The Morgan fingerprint density at radius 3 is 2.15 bits per heavy atom. The van der Waals surface area contributed by atoms with Gasteiger partial charge in [0.25, 0.3) is 0 Å². The first-order valence-corrected chi connectivity index (χ1v) is 11.6. The minimum Gasteiger partial charge on any atom is -0.478 e. The van der Waals surface area contributed by atoms with E-state index in [1.165, 1.54) is 18.6 Å². The number of piperidine rings is 1. The lowest BCUT2D eigenvalue weighted by Crippen LogP contribution is -2.33. The molecule has 1 aliphatic heterocycles. The molecule has 0 saturated carbocycles. The molecule has 0 aromatic heterocycles. The fraction of sp³-hybridized carbons (Fsp3) is 0.259. The summed E-state index contributed by atoms with van der Waals surface area (Å²) in [4.78, 5) is 26.6. The highest BCUT2D eigenvalue weighted by Gasteiger charge is 2.34. The number of benzene rings is 3. The number of anilines is 1. The van der Waals surface area contributed by atoms with Crippen LogP contribution in [-0.4, -0.2) is 30.1 Å². The molecule has 0 bridgehead atoms. The molecule has 3 N–H and O–H groups in total. The number of carboxylic acid groups (broad SMARTS) is 1. The largest absolute Gasteiger partial charge is 0.478 e. The van der Waals surface area contributed by atoms with Crippen LogP contribution in [0.3, 0.4) is 0 Å². The van der Waals surface area contributed by atoms with Crippen LogP contribution < -0.4 is 10.6 Å². The molecule has 0 spiro atoms. The number of hydrogen-bond acceptors (Lipinski definition) is 3. The Morgan fingerprint density at radius 2 is 1.55 bits per heavy atom. The van der Waals surface area contributed by atoms with Gasteiger partial charge in [0.15, 0.2) is 0 Å². The standard InChI is InChI=1S/C27H27ClN2O3/c28-21-13-14-23(30-15-5-2-6-16-30)22(17-21)24(18-7-3-1-4-8-18)25(26(29)31)19-9-11-20(12-10-19)27(32)33/h1,3-4,7-14,17,24-25H,2,5-6,15-16H2,(H2,29,31)(H,32,33). The van der Waals surface area contributed by atoms with Crippen molar-refractivity contribution in [1.82, 2.24) is 0 Å². The van der Waals surface area contributed by atoms with Crippen molar-refractivity contribution in [3.63, 3.8) is 0 Å². The van der Waals surface area contributed by atoms with Gasteiger partial charge in [-0.15, -0.1) is 0 Å². The fourth-order valence-corrected chi connectivity index (χ4v) is 4.94. The van der Waals surface area contributed by atoms with Crippen molar-refractivity contribution in [1.29, 1.82) is 0 Å². The quantitative estimate of drug-likeness (QED) is 0.490. The van der Waals surface area contributed by atoms with Crippen LogP contribution in [0.5, 0.6) is 0 Å². The molecule has 33 heavy (non-hydrogen) atoms. The van der Waals surface area contributed by atoms with Crippen molar-refractivity contribution in [3.8, 4) is 0 Å². The number of carboxylic acids is 1. The van der Waals surface area contributed by atoms with E-state index in [0.29, 0.717) is 10.6 Å². The first-order chi connectivity index (χ1) is 16.0. The molecule has 2 atom stereocenters. The van der Waals surface area contributed by atoms with Crippen molar-refractivity contribution < 1.29 is 14.7 Å². The number of amides is 1. The van der Waals surface area contributed by atoms with Crippen LogP contribution >= 0.6 is 11.6 Å². The summed E-state index contributed by atoms with van der Waals surface area (Å²) in [6, 6.07) is 22.1. The van der Waals surface area contributed by atoms with E-state index in [1.807, 2.05) is 48.5 Å². The topological polar surface area (TPSA) is 83.6 Å². The highest BCUT2D eigenvalue weighted by Crippen LogP contribution is 2.44. The zero-order valence-electron chi connectivity index (χ0n) is 18.3. The van der Waals surface area contributed by atoms with Gasteiger partial charge < -0.3 is 15.7 Å². The summed E-state index contributed by atoms with van der Waals surface area (Å²) in [6.07, 6.45) is 3.45. The third-order valence-electron chi connectivity index (χ3n) is 6.34. The summed E-state index contributed by atoms with van der Waals surface area (Å²) >= 11 is 6.47. The number of rotatable bonds is 7. The molecule has 170 valence electrons. The van der Waals surface area contributed by atoms with E-state index < -0.39 is 17.8 Å². The lowest BCUT2D eigenvalue weighted by molar-refractivity contribution is -0.119. The average molecular weight is 463 g/mol. The Balaban J connectivity index is 1.89. The van der Waals surface area contributed by atoms with E-state index in [2.05, 4.69) is 4.90 Å². The maximum atomic E-state index is 12.9. The summed E-state index contributed by atoms with van der Waals surface area (Å²) in [6.45, 7) is 1.90. The normalized spacial score (nSPS) is 15.6. The molecule has 3 aromatic carbocycles. The molecule has 1 amide bonds. The summed E-state index contributed by atoms with van der Waals surface area (Å²) in [5.74, 6) is -2.57. The van der Waals surface area contributed by atoms with Crippen molar-refractivity contribution in [2.24, 2.45) is 5.73 Å². The summed E-state index contributed by atoms with van der Waals surface area (Å²) in [5.41, 5.74) is 9.79. The van der Waals surface area contributed by atoms with Crippen molar-refractivity contribution in [2.75, 3.05) is 18.0 Å². The first-order valence-electron chi connectivity index (χ1n) is 11.2. The van der Waals surface area contributed by atoms with E-state index in [0.717, 1.165) is 42.7 Å². The molecule has 6 heteroatoms. The molecule has 0 radical (unpaired) electrons. The molecule has 1 aliphatic rings. The Kier molecular flexibility index (Phi) is 6.99. The van der Waals surface area contributed by atoms with E-state index >= 15 is 0 Å². The van der Waals surface area contributed by atoms with Gasteiger partial charge in [-0.1, -0.05) is 54.1 Å². The van der Waals surface area contributed by atoms with Crippen LogP contribution in [0.15, 0.2) is 72.8 Å². The van der Waals surface area contributed by atoms with E-state index in [9.17, 15) is 14.7 Å². The second-order valence-electron chi connectivity index (χ2n) is 8.45. The van der Waals surface area contributed by atoms with Crippen molar-refractivity contribution >= 4 is 29.2 Å². The Labute approximate surface area is 198 Å². The highest BCUT2D eigenvalue weighted by atomic mass is 35.5. The molecule has 4 rings (SSSR count). The molecular weight excluding hydrogens is 436 g/mol. The minimum atomic E-state index is -1.01. The monoisotopic (exact) mass is 462 g/mol. The van der Waals surface area contributed by atoms with Gasteiger partial charge in [-0.2, -0.15) is 0 Å². The third kappa shape index (κ3) is 5.04. The van der Waals surface area contributed by atoms with Crippen LogP contribution in [0, 0.1) is 0 Å². The van der Waals surface area contributed by atoms with Gasteiger partial charge in [-0.3, -0.25) is 4.79 Å². The van der Waals surface area contributed by atoms with Crippen LogP contribution in [0.2, 0.25) is 5.02 Å². The predicted molar refractivity (Wildman–Crippen MR) is 131 cm³/mol. The molecule has 2 unspecified atom stereocenters. The SMILES string of the molecule is NC(=O)C(c1ccc(C(=O)O)cc1)C(c1ccccc1)c1cc(Cl)ccc1N1CCCCC1. The van der Waals surface area contributed by atoms with Crippen LogP contribution in [-0.2, 0) is 4.79 Å². The molecule has 1 heterocycles. The average Bonchev–Trinajstić information content (AvgIpc) is 2.83. The van der Waals surface area contributed by atoms with Crippen molar-refractivity contribution in [2.45, 2.75) is 31.1 Å². The van der Waals surface area contributed by atoms with Crippen LogP contribution in [0.4, 0.5) is 5.69 Å². The number of carbonyl (C=O) groups excluding carboxylic acids is 1. The molecule has 5 nitrogen and oxygen atoms in total. The number of nitrogens with two attached hydrogens (primary N) is 1. The summed E-state index contributed by atoms with van der Waals surface area (Å²) < 4.78 is 0. The molecular formula is C27H27ClN2O3. The lowest BCUT2D eigenvalue weighted by Gasteiger charge is -2.35. The number of aromatic carboxylic acids is 1. The third-order valence-corrected chi connectivity index (χ3v) is 6.57.